The molecule has 0 saturated heterocycles. The van der Waals surface area contributed by atoms with E-state index in [4.69, 9.17) is 9.16 Å². The normalized spacial score (nSPS) is 14.8. The first-order chi connectivity index (χ1) is 5.52. The van der Waals surface area contributed by atoms with Crippen LogP contribution in [0.25, 0.3) is 0 Å². The fraction of sp³-hybridized carbons (Fsp3) is 1.00. The van der Waals surface area contributed by atoms with Crippen LogP contribution in [0.5, 0.6) is 0 Å². The third-order valence-electron chi connectivity index (χ3n) is 2.52. The lowest BCUT2D eigenvalue weighted by Gasteiger charge is -2.42. The van der Waals surface area contributed by atoms with Crippen LogP contribution in [0.15, 0.2) is 0 Å². The van der Waals surface area contributed by atoms with Gasteiger partial charge >= 0.3 is 0 Å². The third kappa shape index (κ3) is 3.79. The van der Waals surface area contributed by atoms with Crippen LogP contribution < -0.4 is 0 Å². The second-order valence-electron chi connectivity index (χ2n) is 5.44. The molecule has 0 aromatic carbocycles. The molecular weight excluding hydrogens is 180 g/mol. The minimum Gasteiger partial charge on any atom is -0.410 e. The zero-order valence-corrected chi connectivity index (χ0v) is 11.3. The van der Waals surface area contributed by atoms with Gasteiger partial charge < -0.3 is 9.16 Å². The summed E-state index contributed by atoms with van der Waals surface area (Å²) >= 11 is 0. The number of hydrogen-bond donors (Lipinski definition) is 0. The van der Waals surface area contributed by atoms with Crippen LogP contribution in [0.3, 0.4) is 0 Å². The van der Waals surface area contributed by atoms with Gasteiger partial charge in [-0.1, -0.05) is 0 Å². The van der Waals surface area contributed by atoms with Crippen molar-refractivity contribution < 1.29 is 9.16 Å². The fourth-order valence-corrected chi connectivity index (χ4v) is 3.40. The van der Waals surface area contributed by atoms with E-state index in [9.17, 15) is 0 Å². The zero-order valence-electron chi connectivity index (χ0n) is 10.3. The summed E-state index contributed by atoms with van der Waals surface area (Å²) in [5, 5.41) is -0.139. The smallest absolute Gasteiger partial charge is 0.218 e. The second kappa shape index (κ2) is 3.71. The van der Waals surface area contributed by atoms with E-state index in [1.54, 1.807) is 7.11 Å². The van der Waals surface area contributed by atoms with Crippen molar-refractivity contribution in [2.45, 2.75) is 58.5 Å². The molecule has 13 heavy (non-hydrogen) atoms. The minimum atomic E-state index is -1.79. The van der Waals surface area contributed by atoms with Crippen molar-refractivity contribution in [3.05, 3.63) is 0 Å². The summed E-state index contributed by atoms with van der Waals surface area (Å²) in [6, 6.07) is 0. The Morgan fingerprint density at radius 1 is 0.923 bits per heavy atom. The second-order valence-corrected chi connectivity index (χ2v) is 9.87. The van der Waals surface area contributed by atoms with Gasteiger partial charge in [0.15, 0.2) is 0 Å². The Kier molecular flexibility index (Phi) is 3.75. The Hall–Kier alpha value is 0.137. The highest BCUT2D eigenvalue weighted by Gasteiger charge is 2.43. The molecule has 0 bridgehead atoms. The lowest BCUT2D eigenvalue weighted by atomic mass is 10.2. The summed E-state index contributed by atoms with van der Waals surface area (Å²) < 4.78 is 11.6. The monoisotopic (exact) mass is 204 g/mol. The first-order valence-electron chi connectivity index (χ1n) is 4.77. The van der Waals surface area contributed by atoms with Gasteiger partial charge in [-0.15, -0.1) is 0 Å². The third-order valence-corrected chi connectivity index (χ3v) is 6.75. The zero-order chi connectivity index (χ0) is 10.9. The predicted molar refractivity (Wildman–Crippen MR) is 59.4 cm³/mol. The average molecular weight is 204 g/mol. The van der Waals surface area contributed by atoms with E-state index in [-0.39, 0.29) is 10.8 Å². The van der Waals surface area contributed by atoms with Crippen molar-refractivity contribution in [3.8, 4) is 0 Å². The molecule has 0 radical (unpaired) electrons. The van der Waals surface area contributed by atoms with E-state index in [0.717, 1.165) is 0 Å². The van der Waals surface area contributed by atoms with Crippen LogP contribution in [-0.2, 0) is 9.16 Å². The van der Waals surface area contributed by atoms with Gasteiger partial charge in [0.25, 0.3) is 0 Å². The van der Waals surface area contributed by atoms with Crippen LogP contribution in [-0.4, -0.2) is 26.3 Å². The fourth-order valence-electron chi connectivity index (χ4n) is 1.13. The molecule has 0 aliphatic heterocycles. The summed E-state index contributed by atoms with van der Waals surface area (Å²) in [7, 11) is -0.0378. The van der Waals surface area contributed by atoms with Gasteiger partial charge in [0.05, 0.1) is 5.22 Å². The summed E-state index contributed by atoms with van der Waals surface area (Å²) in [4.78, 5) is 0. The van der Waals surface area contributed by atoms with Gasteiger partial charge in [0.2, 0.25) is 8.32 Å². The van der Waals surface area contributed by atoms with E-state index >= 15 is 0 Å². The highest BCUT2D eigenvalue weighted by atomic mass is 28.4. The molecule has 0 unspecified atom stereocenters. The topological polar surface area (TPSA) is 18.5 Å². The van der Waals surface area contributed by atoms with E-state index in [2.05, 4.69) is 47.7 Å². The number of ether oxygens (including phenoxy) is 1. The first-order valence-corrected chi connectivity index (χ1v) is 7.68. The maximum atomic E-state index is 6.09. The van der Waals surface area contributed by atoms with Gasteiger partial charge in [-0.3, -0.25) is 0 Å². The van der Waals surface area contributed by atoms with Crippen molar-refractivity contribution >= 4 is 8.32 Å². The largest absolute Gasteiger partial charge is 0.410 e. The number of hydrogen-bond acceptors (Lipinski definition) is 2. The van der Waals surface area contributed by atoms with Gasteiger partial charge in [-0.05, 0) is 47.7 Å². The molecule has 0 N–H and O–H groups in total. The summed E-state index contributed by atoms with van der Waals surface area (Å²) in [5.41, 5.74) is -0.0779. The molecule has 0 aromatic rings. The minimum absolute atomic E-state index is 0.0779. The molecule has 0 atom stereocenters. The van der Waals surface area contributed by atoms with Crippen LogP contribution in [0.4, 0.5) is 0 Å². The molecule has 0 heterocycles. The average Bonchev–Trinajstić information content (AvgIpc) is 1.81. The van der Waals surface area contributed by atoms with E-state index in [1.807, 2.05) is 0 Å². The van der Waals surface area contributed by atoms with E-state index in [0.29, 0.717) is 0 Å². The highest BCUT2D eigenvalue weighted by molar-refractivity contribution is 6.74. The molecule has 2 nitrogen and oxygen atoms in total. The summed E-state index contributed by atoms with van der Waals surface area (Å²) in [6.07, 6.45) is 0. The molecule has 0 saturated carbocycles. The molecule has 0 aromatic heterocycles. The SMILES string of the molecule is COC(C)(C)[Si](C)(C)OC(C)(C)C. The van der Waals surface area contributed by atoms with Gasteiger partial charge in [-0.2, -0.15) is 0 Å². The summed E-state index contributed by atoms with van der Waals surface area (Å²) in [5.74, 6) is 0. The lowest BCUT2D eigenvalue weighted by Crippen LogP contribution is -2.56. The molecule has 0 aliphatic rings. The standard InChI is InChI=1S/C10H24O2Si/c1-9(2,3)12-13(7,8)10(4,5)11-6/h1-8H3. The van der Waals surface area contributed by atoms with Crippen LogP contribution >= 0.6 is 0 Å². The molecule has 0 fully saturated rings. The van der Waals surface area contributed by atoms with Crippen molar-refractivity contribution in [3.63, 3.8) is 0 Å². The van der Waals surface area contributed by atoms with Crippen molar-refractivity contribution in [2.75, 3.05) is 7.11 Å². The Bertz CT molecular complexity index is 168. The Balaban J connectivity index is 4.58. The molecule has 0 amide bonds. The van der Waals surface area contributed by atoms with E-state index in [1.165, 1.54) is 0 Å². The Morgan fingerprint density at radius 3 is 1.54 bits per heavy atom. The molecule has 80 valence electrons. The van der Waals surface area contributed by atoms with Crippen molar-refractivity contribution in [2.24, 2.45) is 0 Å². The maximum Gasteiger partial charge on any atom is 0.218 e. The lowest BCUT2D eigenvalue weighted by molar-refractivity contribution is 0.0333. The molecular formula is C10H24O2Si. The molecule has 0 rings (SSSR count). The Labute approximate surface area is 83.8 Å². The van der Waals surface area contributed by atoms with Crippen LogP contribution in [0.2, 0.25) is 13.1 Å². The Morgan fingerprint density at radius 2 is 1.31 bits per heavy atom. The van der Waals surface area contributed by atoms with Crippen LogP contribution in [0, 0.1) is 0 Å². The summed E-state index contributed by atoms with van der Waals surface area (Å²) in [6.45, 7) is 14.9. The van der Waals surface area contributed by atoms with Gasteiger partial charge in [-0.25, -0.2) is 0 Å². The predicted octanol–water partition coefficient (Wildman–Crippen LogP) is 2.97. The number of rotatable bonds is 3. The van der Waals surface area contributed by atoms with Crippen molar-refractivity contribution in [1.82, 2.24) is 0 Å². The molecule has 0 aliphatic carbocycles. The highest BCUT2D eigenvalue weighted by Crippen LogP contribution is 2.28. The molecule has 3 heteroatoms. The van der Waals surface area contributed by atoms with Gasteiger partial charge in [0.1, 0.15) is 0 Å². The molecule has 0 spiro atoms. The van der Waals surface area contributed by atoms with Crippen molar-refractivity contribution in [1.29, 1.82) is 0 Å². The van der Waals surface area contributed by atoms with Crippen LogP contribution in [0.1, 0.15) is 34.6 Å². The quantitative estimate of drug-likeness (QED) is 0.658. The van der Waals surface area contributed by atoms with E-state index < -0.39 is 8.32 Å². The maximum absolute atomic E-state index is 6.09. The number of methoxy groups -OCH3 is 1. The first kappa shape index (κ1) is 13.1. The van der Waals surface area contributed by atoms with Gasteiger partial charge in [0, 0.05) is 12.7 Å².